The van der Waals surface area contributed by atoms with Crippen LogP contribution in [0.25, 0.3) is 0 Å². The Labute approximate surface area is 133 Å². The number of nitrogens with two attached hydrogens (primary N) is 1. The predicted octanol–water partition coefficient (Wildman–Crippen LogP) is 1.64. The van der Waals surface area contributed by atoms with Crippen molar-refractivity contribution in [2.24, 2.45) is 5.73 Å². The van der Waals surface area contributed by atoms with Crippen molar-refractivity contribution >= 4 is 5.91 Å². The smallest absolute Gasteiger partial charge is 0.234 e. The molecule has 1 aliphatic heterocycles. The fourth-order valence-corrected chi connectivity index (χ4v) is 3.28. The summed E-state index contributed by atoms with van der Waals surface area (Å²) in [4.78, 5) is 16.1. The molecule has 5 heteroatoms. The van der Waals surface area contributed by atoms with E-state index < -0.39 is 0 Å². The molecule has 122 valence electrons. The van der Waals surface area contributed by atoms with Gasteiger partial charge in [-0.25, -0.2) is 0 Å². The predicted molar refractivity (Wildman–Crippen MR) is 87.8 cm³/mol. The second-order valence-corrected chi connectivity index (χ2v) is 5.82. The van der Waals surface area contributed by atoms with Gasteiger partial charge in [-0.3, -0.25) is 14.6 Å². The molecule has 0 bridgehead atoms. The first-order chi connectivity index (χ1) is 10.6. The van der Waals surface area contributed by atoms with Crippen LogP contribution in [0.1, 0.15) is 31.9 Å². The van der Waals surface area contributed by atoms with Crippen LogP contribution in [0.4, 0.5) is 0 Å². The second kappa shape index (κ2) is 7.61. The van der Waals surface area contributed by atoms with Crippen molar-refractivity contribution in [2.45, 2.75) is 32.4 Å². The zero-order chi connectivity index (χ0) is 16.1. The molecular weight excluding hydrogens is 278 g/mol. The minimum atomic E-state index is -0.214. The van der Waals surface area contributed by atoms with Crippen LogP contribution in [-0.2, 0) is 4.79 Å². The Balaban J connectivity index is 2.00. The van der Waals surface area contributed by atoms with E-state index in [-0.39, 0.29) is 11.9 Å². The summed E-state index contributed by atoms with van der Waals surface area (Å²) in [5, 5.41) is 0. The van der Waals surface area contributed by atoms with Crippen molar-refractivity contribution in [1.82, 2.24) is 9.80 Å². The van der Waals surface area contributed by atoms with Crippen molar-refractivity contribution < 1.29 is 9.53 Å². The molecule has 0 spiro atoms. The number of hydrogen-bond acceptors (Lipinski definition) is 4. The van der Waals surface area contributed by atoms with Crippen LogP contribution in [0.3, 0.4) is 0 Å². The van der Waals surface area contributed by atoms with E-state index in [4.69, 9.17) is 10.5 Å². The average Bonchev–Trinajstić information content (AvgIpc) is 2.55. The van der Waals surface area contributed by atoms with Crippen LogP contribution in [0.15, 0.2) is 24.3 Å². The van der Waals surface area contributed by atoms with E-state index in [1.54, 1.807) is 7.11 Å². The summed E-state index contributed by atoms with van der Waals surface area (Å²) in [7, 11) is 1.71. The van der Waals surface area contributed by atoms with Crippen LogP contribution in [-0.4, -0.2) is 55.0 Å². The van der Waals surface area contributed by atoms with Gasteiger partial charge >= 0.3 is 0 Å². The molecule has 1 heterocycles. The standard InChI is InChI=1S/C17H27N3O2/c1-4-15(17(18)21)20-11-9-19(10-12-20)13(2)14-7-5-6-8-16(14)22-3/h5-8,13,15H,4,9-12H2,1-3H3,(H2,18,21)/t13-,15-/m1/s1. The number of carbonyl (C=O) groups excluding carboxylic acids is 1. The Morgan fingerprint density at radius 2 is 1.82 bits per heavy atom. The lowest BCUT2D eigenvalue weighted by molar-refractivity contribution is -0.124. The number of carbonyl (C=O) groups is 1. The second-order valence-electron chi connectivity index (χ2n) is 5.82. The van der Waals surface area contributed by atoms with Crippen molar-refractivity contribution in [1.29, 1.82) is 0 Å². The van der Waals surface area contributed by atoms with E-state index >= 15 is 0 Å². The third kappa shape index (κ3) is 3.59. The molecule has 5 nitrogen and oxygen atoms in total. The minimum Gasteiger partial charge on any atom is -0.496 e. The van der Waals surface area contributed by atoms with E-state index in [9.17, 15) is 4.79 Å². The highest BCUT2D eigenvalue weighted by molar-refractivity contribution is 5.79. The topological polar surface area (TPSA) is 58.8 Å². The summed E-state index contributed by atoms with van der Waals surface area (Å²) < 4.78 is 5.47. The third-order valence-electron chi connectivity index (χ3n) is 4.64. The van der Waals surface area contributed by atoms with Crippen molar-refractivity contribution in [2.75, 3.05) is 33.3 Å². The SMILES string of the molecule is CC[C@H](C(N)=O)N1CCN([C@H](C)c2ccccc2OC)CC1. The molecule has 1 aromatic rings. The van der Waals surface area contributed by atoms with E-state index in [1.165, 1.54) is 5.56 Å². The molecule has 0 aromatic heterocycles. The Morgan fingerprint density at radius 1 is 1.23 bits per heavy atom. The highest BCUT2D eigenvalue weighted by Crippen LogP contribution is 2.29. The minimum absolute atomic E-state index is 0.135. The van der Waals surface area contributed by atoms with Gasteiger partial charge in [-0.05, 0) is 19.4 Å². The number of para-hydroxylation sites is 1. The molecule has 0 aliphatic carbocycles. The summed E-state index contributed by atoms with van der Waals surface area (Å²) in [5.74, 6) is 0.717. The van der Waals surface area contributed by atoms with Crippen LogP contribution in [0.2, 0.25) is 0 Å². The van der Waals surface area contributed by atoms with Crippen molar-refractivity contribution in [3.63, 3.8) is 0 Å². The van der Waals surface area contributed by atoms with Gasteiger partial charge in [0.2, 0.25) is 5.91 Å². The van der Waals surface area contributed by atoms with Crippen LogP contribution < -0.4 is 10.5 Å². The van der Waals surface area contributed by atoms with Crippen molar-refractivity contribution in [3.8, 4) is 5.75 Å². The first kappa shape index (κ1) is 16.8. The largest absolute Gasteiger partial charge is 0.496 e. The Kier molecular flexibility index (Phi) is 5.80. The van der Waals surface area contributed by atoms with Crippen molar-refractivity contribution in [3.05, 3.63) is 29.8 Å². The number of amides is 1. The summed E-state index contributed by atoms with van der Waals surface area (Å²) >= 11 is 0. The molecule has 2 atom stereocenters. The molecule has 1 aliphatic rings. The van der Waals surface area contributed by atoms with Gasteiger partial charge in [0, 0.05) is 37.8 Å². The molecule has 1 aromatic carbocycles. The first-order valence-corrected chi connectivity index (χ1v) is 7.98. The fourth-order valence-electron chi connectivity index (χ4n) is 3.28. The van der Waals surface area contributed by atoms with Gasteiger partial charge in [-0.1, -0.05) is 25.1 Å². The molecule has 0 radical (unpaired) electrons. The molecule has 0 unspecified atom stereocenters. The monoisotopic (exact) mass is 305 g/mol. The fraction of sp³-hybridized carbons (Fsp3) is 0.588. The quantitative estimate of drug-likeness (QED) is 0.868. The number of hydrogen-bond donors (Lipinski definition) is 1. The van der Waals surface area contributed by atoms with Gasteiger partial charge in [-0.15, -0.1) is 0 Å². The lowest BCUT2D eigenvalue weighted by atomic mass is 10.0. The number of methoxy groups -OCH3 is 1. The molecule has 1 fully saturated rings. The Hall–Kier alpha value is -1.59. The van der Waals surface area contributed by atoms with Crippen LogP contribution >= 0.6 is 0 Å². The van der Waals surface area contributed by atoms with Crippen LogP contribution in [0, 0.1) is 0 Å². The van der Waals surface area contributed by atoms with E-state index in [0.29, 0.717) is 6.04 Å². The number of benzene rings is 1. The number of nitrogens with zero attached hydrogens (tertiary/aromatic N) is 2. The molecule has 0 saturated carbocycles. The van der Waals surface area contributed by atoms with E-state index in [1.807, 2.05) is 25.1 Å². The Morgan fingerprint density at radius 3 is 2.36 bits per heavy atom. The number of piperazine rings is 1. The number of ether oxygens (including phenoxy) is 1. The van der Waals surface area contributed by atoms with Gasteiger partial charge in [-0.2, -0.15) is 0 Å². The van der Waals surface area contributed by atoms with E-state index in [2.05, 4.69) is 22.8 Å². The molecule has 2 rings (SSSR count). The zero-order valence-electron chi connectivity index (χ0n) is 13.8. The summed E-state index contributed by atoms with van der Waals surface area (Å²) in [6, 6.07) is 8.32. The van der Waals surface area contributed by atoms with Gasteiger partial charge in [0.15, 0.2) is 0 Å². The maximum Gasteiger partial charge on any atom is 0.234 e. The zero-order valence-corrected chi connectivity index (χ0v) is 13.8. The van der Waals surface area contributed by atoms with Gasteiger partial charge in [0.05, 0.1) is 13.2 Å². The first-order valence-electron chi connectivity index (χ1n) is 7.98. The van der Waals surface area contributed by atoms with Gasteiger partial charge in [0.1, 0.15) is 5.75 Å². The number of rotatable bonds is 6. The lowest BCUT2D eigenvalue weighted by Gasteiger charge is -2.40. The highest BCUT2D eigenvalue weighted by atomic mass is 16.5. The molecular formula is C17H27N3O2. The summed E-state index contributed by atoms with van der Waals surface area (Å²) in [6.45, 7) is 7.84. The maximum absolute atomic E-state index is 11.5. The summed E-state index contributed by atoms with van der Waals surface area (Å²) in [5.41, 5.74) is 6.70. The molecule has 1 saturated heterocycles. The maximum atomic E-state index is 11.5. The van der Waals surface area contributed by atoms with Gasteiger partial charge < -0.3 is 10.5 Å². The lowest BCUT2D eigenvalue weighted by Crippen LogP contribution is -2.54. The highest BCUT2D eigenvalue weighted by Gasteiger charge is 2.28. The van der Waals surface area contributed by atoms with E-state index in [0.717, 1.165) is 38.3 Å². The molecule has 22 heavy (non-hydrogen) atoms. The molecule has 1 amide bonds. The average molecular weight is 305 g/mol. The Bertz CT molecular complexity index is 498. The van der Waals surface area contributed by atoms with Gasteiger partial charge in [0.25, 0.3) is 0 Å². The summed E-state index contributed by atoms with van der Waals surface area (Å²) in [6.07, 6.45) is 0.775. The normalized spacial score (nSPS) is 19.6. The number of primary amides is 1. The molecule has 2 N–H and O–H groups in total. The van der Waals surface area contributed by atoms with Crippen LogP contribution in [0.5, 0.6) is 5.75 Å². The third-order valence-corrected chi connectivity index (χ3v) is 4.64.